The molecule has 0 bridgehead atoms. The van der Waals surface area contributed by atoms with Crippen molar-refractivity contribution < 1.29 is 9.59 Å². The largest absolute Gasteiger partial charge is 0.349 e. The molecule has 5 nitrogen and oxygen atoms in total. The second-order valence-electron chi connectivity index (χ2n) is 6.71. The summed E-state index contributed by atoms with van der Waals surface area (Å²) in [4.78, 5) is 28.8. The fraction of sp³-hybridized carbons (Fsp3) is 0.350. The van der Waals surface area contributed by atoms with Crippen molar-refractivity contribution >= 4 is 17.5 Å². The van der Waals surface area contributed by atoms with Gasteiger partial charge in [0.15, 0.2) is 0 Å². The third-order valence-electron chi connectivity index (χ3n) is 3.84. The van der Waals surface area contributed by atoms with Gasteiger partial charge in [-0.1, -0.05) is 32.0 Å². The fourth-order valence-electron chi connectivity index (χ4n) is 2.56. The van der Waals surface area contributed by atoms with Crippen molar-refractivity contribution in [2.75, 3.05) is 5.32 Å². The average Bonchev–Trinajstić information content (AvgIpc) is 2.55. The van der Waals surface area contributed by atoms with Crippen molar-refractivity contribution in [3.63, 3.8) is 0 Å². The van der Waals surface area contributed by atoms with Gasteiger partial charge in [-0.25, -0.2) is 0 Å². The molecule has 0 aliphatic rings. The first kappa shape index (κ1) is 18.6. The van der Waals surface area contributed by atoms with Gasteiger partial charge in [0.05, 0.1) is 0 Å². The summed E-state index contributed by atoms with van der Waals surface area (Å²) in [5.74, 6) is -0.249. The van der Waals surface area contributed by atoms with E-state index in [1.54, 1.807) is 6.07 Å². The maximum absolute atomic E-state index is 12.7. The number of carbonyl (C=O) groups excluding carboxylic acids is 2. The Labute approximate surface area is 148 Å². The molecule has 0 atom stereocenters. The van der Waals surface area contributed by atoms with Crippen LogP contribution in [-0.2, 0) is 0 Å². The highest BCUT2D eigenvalue weighted by Gasteiger charge is 2.15. The lowest BCUT2D eigenvalue weighted by Gasteiger charge is -2.16. The van der Waals surface area contributed by atoms with Gasteiger partial charge in [0, 0.05) is 23.5 Å². The number of rotatable bonds is 5. The molecule has 2 amide bonds. The zero-order chi connectivity index (χ0) is 18.6. The van der Waals surface area contributed by atoms with Crippen LogP contribution >= 0.6 is 0 Å². The molecule has 0 saturated carbocycles. The summed E-state index contributed by atoms with van der Waals surface area (Å²) in [5.41, 5.74) is 3.55. The first-order valence-corrected chi connectivity index (χ1v) is 8.47. The minimum atomic E-state index is -0.289. The Morgan fingerprint density at radius 1 is 1.04 bits per heavy atom. The zero-order valence-corrected chi connectivity index (χ0v) is 15.4. The third-order valence-corrected chi connectivity index (χ3v) is 3.84. The lowest BCUT2D eigenvalue weighted by molar-refractivity contribution is 0.0938. The van der Waals surface area contributed by atoms with Crippen molar-refractivity contribution in [1.29, 1.82) is 0 Å². The number of nitrogens with one attached hydrogen (secondary N) is 2. The van der Waals surface area contributed by atoms with Crippen LogP contribution < -0.4 is 10.6 Å². The molecule has 1 aromatic carbocycles. The van der Waals surface area contributed by atoms with Crippen LogP contribution in [0.3, 0.4) is 0 Å². The maximum Gasteiger partial charge on any atom is 0.270 e. The van der Waals surface area contributed by atoms with E-state index in [4.69, 9.17) is 0 Å². The molecule has 0 fully saturated rings. The molecule has 0 aliphatic heterocycles. The predicted molar refractivity (Wildman–Crippen MR) is 100 cm³/mol. The van der Waals surface area contributed by atoms with Crippen LogP contribution in [0, 0.1) is 6.92 Å². The normalized spacial score (nSPS) is 10.8. The molecule has 0 aliphatic carbocycles. The van der Waals surface area contributed by atoms with Crippen molar-refractivity contribution in [2.24, 2.45) is 0 Å². The molecule has 2 rings (SSSR count). The Kier molecular flexibility index (Phi) is 5.91. The van der Waals surface area contributed by atoms with Crippen LogP contribution in [0.15, 0.2) is 36.5 Å². The van der Waals surface area contributed by atoms with Crippen LogP contribution in [0.2, 0.25) is 0 Å². The molecule has 0 saturated heterocycles. The molecular weight excluding hydrogens is 314 g/mol. The van der Waals surface area contributed by atoms with Gasteiger partial charge in [-0.15, -0.1) is 0 Å². The third kappa shape index (κ3) is 4.66. The van der Waals surface area contributed by atoms with Crippen LogP contribution in [0.25, 0.3) is 0 Å². The summed E-state index contributed by atoms with van der Waals surface area (Å²) in [7, 11) is 0. The Morgan fingerprint density at radius 3 is 2.40 bits per heavy atom. The van der Waals surface area contributed by atoms with E-state index >= 15 is 0 Å². The topological polar surface area (TPSA) is 71.1 Å². The van der Waals surface area contributed by atoms with Crippen molar-refractivity contribution in [1.82, 2.24) is 10.3 Å². The molecule has 2 aromatic rings. The van der Waals surface area contributed by atoms with Crippen LogP contribution in [0.5, 0.6) is 0 Å². The van der Waals surface area contributed by atoms with E-state index < -0.39 is 0 Å². The molecule has 2 N–H and O–H groups in total. The number of nitrogens with zero attached hydrogens (tertiary/aromatic N) is 1. The molecule has 0 spiro atoms. The van der Waals surface area contributed by atoms with Gasteiger partial charge in [0.1, 0.15) is 5.69 Å². The van der Waals surface area contributed by atoms with Crippen molar-refractivity contribution in [3.05, 3.63) is 58.9 Å². The van der Waals surface area contributed by atoms with Crippen molar-refractivity contribution in [2.45, 2.75) is 46.6 Å². The monoisotopic (exact) mass is 339 g/mol. The van der Waals surface area contributed by atoms with Crippen LogP contribution in [-0.4, -0.2) is 22.8 Å². The number of para-hydroxylation sites is 1. The second kappa shape index (κ2) is 7.92. The van der Waals surface area contributed by atoms with E-state index in [0.29, 0.717) is 11.5 Å². The number of aromatic nitrogens is 1. The number of carbonyl (C=O) groups is 2. The first-order chi connectivity index (χ1) is 11.8. The van der Waals surface area contributed by atoms with E-state index in [1.807, 2.05) is 39.0 Å². The SMILES string of the molecule is Cc1cccc(C(C)C)c1NC(=O)c1ccnc(C(=O)NC(C)C)c1. The highest BCUT2D eigenvalue weighted by Crippen LogP contribution is 2.27. The van der Waals surface area contributed by atoms with E-state index in [-0.39, 0.29) is 23.6 Å². The molecule has 0 radical (unpaired) electrons. The number of benzene rings is 1. The number of amides is 2. The highest BCUT2D eigenvalue weighted by molar-refractivity contribution is 6.06. The quantitative estimate of drug-likeness (QED) is 0.868. The maximum atomic E-state index is 12.7. The number of pyridine rings is 1. The zero-order valence-electron chi connectivity index (χ0n) is 15.4. The molecule has 5 heteroatoms. The molecule has 132 valence electrons. The van der Waals surface area contributed by atoms with Crippen LogP contribution in [0.1, 0.15) is 65.6 Å². The second-order valence-corrected chi connectivity index (χ2v) is 6.71. The van der Waals surface area contributed by atoms with Gasteiger partial charge < -0.3 is 10.6 Å². The minimum absolute atomic E-state index is 0.00681. The minimum Gasteiger partial charge on any atom is -0.349 e. The first-order valence-electron chi connectivity index (χ1n) is 8.47. The standard InChI is InChI=1S/C20H25N3O2/c1-12(2)16-8-6-7-14(5)18(16)23-19(24)15-9-10-21-17(11-15)20(25)22-13(3)4/h6-13H,1-5H3,(H,22,25)(H,23,24). The summed E-state index contributed by atoms with van der Waals surface area (Å²) in [6, 6.07) is 9.10. The smallest absolute Gasteiger partial charge is 0.270 e. The molecule has 1 aromatic heterocycles. The Hall–Kier alpha value is -2.69. The summed E-state index contributed by atoms with van der Waals surface area (Å²) in [5, 5.41) is 5.76. The summed E-state index contributed by atoms with van der Waals surface area (Å²) in [6.07, 6.45) is 1.48. The lowest BCUT2D eigenvalue weighted by Crippen LogP contribution is -2.31. The van der Waals surface area contributed by atoms with Gasteiger partial charge in [-0.05, 0) is 49.9 Å². The number of anilines is 1. The van der Waals surface area contributed by atoms with Crippen molar-refractivity contribution in [3.8, 4) is 0 Å². The fourth-order valence-corrected chi connectivity index (χ4v) is 2.56. The van der Waals surface area contributed by atoms with E-state index in [0.717, 1.165) is 16.8 Å². The van der Waals surface area contributed by atoms with Crippen LogP contribution in [0.4, 0.5) is 5.69 Å². The highest BCUT2D eigenvalue weighted by atomic mass is 16.2. The lowest BCUT2D eigenvalue weighted by atomic mass is 9.98. The molecule has 25 heavy (non-hydrogen) atoms. The van der Waals surface area contributed by atoms with E-state index in [9.17, 15) is 9.59 Å². The summed E-state index contributed by atoms with van der Waals surface area (Å²) >= 11 is 0. The van der Waals surface area contributed by atoms with E-state index in [2.05, 4.69) is 29.5 Å². The van der Waals surface area contributed by atoms with Gasteiger partial charge in [-0.2, -0.15) is 0 Å². The average molecular weight is 339 g/mol. The number of hydrogen-bond acceptors (Lipinski definition) is 3. The summed E-state index contributed by atoms with van der Waals surface area (Å²) in [6.45, 7) is 9.90. The van der Waals surface area contributed by atoms with Gasteiger partial charge in [0.25, 0.3) is 11.8 Å². The Balaban J connectivity index is 2.27. The summed E-state index contributed by atoms with van der Waals surface area (Å²) < 4.78 is 0. The van der Waals surface area contributed by atoms with Gasteiger partial charge in [0.2, 0.25) is 0 Å². The van der Waals surface area contributed by atoms with E-state index in [1.165, 1.54) is 12.3 Å². The molecule has 1 heterocycles. The number of aryl methyl sites for hydroxylation is 1. The van der Waals surface area contributed by atoms with Gasteiger partial charge in [-0.3, -0.25) is 14.6 Å². The number of hydrogen-bond donors (Lipinski definition) is 2. The Morgan fingerprint density at radius 2 is 1.76 bits per heavy atom. The Bertz CT molecular complexity index is 782. The molecule has 0 unspecified atom stereocenters. The molecular formula is C20H25N3O2. The van der Waals surface area contributed by atoms with Gasteiger partial charge >= 0.3 is 0 Å². The predicted octanol–water partition coefficient (Wildman–Crippen LogP) is 3.90.